The van der Waals surface area contributed by atoms with E-state index in [-0.39, 0.29) is 35.5 Å². The molecule has 1 aliphatic heterocycles. The Kier molecular flexibility index (Phi) is 5.80. The van der Waals surface area contributed by atoms with E-state index in [9.17, 15) is 14.9 Å². The number of hydrogen-bond donors (Lipinski definition) is 1. The Labute approximate surface area is 139 Å². The Bertz CT molecular complexity index is 627. The molecule has 0 radical (unpaired) electrons. The molecule has 1 fully saturated rings. The zero-order chi connectivity index (χ0) is 17.7. The molecule has 1 unspecified atom stereocenters. The van der Waals surface area contributed by atoms with Crippen LogP contribution in [0, 0.1) is 10.1 Å². The van der Waals surface area contributed by atoms with Crippen LogP contribution < -0.4 is 19.5 Å². The van der Waals surface area contributed by atoms with Gasteiger partial charge in [-0.1, -0.05) is 0 Å². The van der Waals surface area contributed by atoms with Crippen molar-refractivity contribution in [2.24, 2.45) is 0 Å². The molecule has 132 valence electrons. The van der Waals surface area contributed by atoms with E-state index in [1.54, 1.807) is 0 Å². The van der Waals surface area contributed by atoms with Crippen molar-refractivity contribution in [1.82, 2.24) is 5.32 Å². The van der Waals surface area contributed by atoms with Crippen LogP contribution >= 0.6 is 0 Å². The first-order valence-electron chi connectivity index (χ1n) is 7.40. The van der Waals surface area contributed by atoms with Crippen LogP contribution in [-0.4, -0.2) is 51.4 Å². The second-order valence-electron chi connectivity index (χ2n) is 5.14. The number of nitrogens with one attached hydrogen (secondary N) is 1. The average molecular weight is 340 g/mol. The van der Waals surface area contributed by atoms with Gasteiger partial charge in [0.15, 0.2) is 5.75 Å². The van der Waals surface area contributed by atoms with Crippen molar-refractivity contribution in [2.75, 3.05) is 34.5 Å². The summed E-state index contributed by atoms with van der Waals surface area (Å²) in [4.78, 5) is 23.2. The lowest BCUT2D eigenvalue weighted by Gasteiger charge is -2.15. The molecule has 24 heavy (non-hydrogen) atoms. The van der Waals surface area contributed by atoms with Gasteiger partial charge < -0.3 is 24.3 Å². The van der Waals surface area contributed by atoms with E-state index in [4.69, 9.17) is 18.9 Å². The van der Waals surface area contributed by atoms with E-state index in [2.05, 4.69) is 5.32 Å². The molecule has 9 nitrogen and oxygen atoms in total. The molecule has 1 heterocycles. The summed E-state index contributed by atoms with van der Waals surface area (Å²) in [5.74, 6) is -0.537. The number of benzene rings is 1. The molecule has 1 atom stereocenters. The molecule has 1 aromatic rings. The first kappa shape index (κ1) is 17.8. The molecule has 9 heteroatoms. The van der Waals surface area contributed by atoms with Crippen molar-refractivity contribution in [3.8, 4) is 17.2 Å². The summed E-state index contributed by atoms with van der Waals surface area (Å²) in [7, 11) is 3.97. The van der Waals surface area contributed by atoms with Crippen LogP contribution in [0.5, 0.6) is 17.2 Å². The number of amides is 1. The van der Waals surface area contributed by atoms with E-state index < -0.39 is 16.5 Å². The molecule has 1 amide bonds. The number of carbonyl (C=O) groups excluding carboxylic acids is 1. The van der Waals surface area contributed by atoms with Gasteiger partial charge in [0.25, 0.3) is 5.91 Å². The van der Waals surface area contributed by atoms with Gasteiger partial charge >= 0.3 is 5.69 Å². The van der Waals surface area contributed by atoms with Crippen LogP contribution in [-0.2, 0) is 4.74 Å². The summed E-state index contributed by atoms with van der Waals surface area (Å²) in [6, 6.07) is 1.27. The Morgan fingerprint density at radius 2 is 2.04 bits per heavy atom. The monoisotopic (exact) mass is 340 g/mol. The maximum atomic E-state index is 12.4. The minimum atomic E-state index is -0.679. The van der Waals surface area contributed by atoms with Gasteiger partial charge in [-0.25, -0.2) is 0 Å². The maximum absolute atomic E-state index is 12.4. The second-order valence-corrected chi connectivity index (χ2v) is 5.14. The summed E-state index contributed by atoms with van der Waals surface area (Å²) in [5.41, 5.74) is -0.632. The van der Waals surface area contributed by atoms with Crippen molar-refractivity contribution in [1.29, 1.82) is 0 Å². The molecular weight excluding hydrogens is 320 g/mol. The molecule has 0 bridgehead atoms. The third-order valence-corrected chi connectivity index (χ3v) is 3.75. The topological polar surface area (TPSA) is 109 Å². The van der Waals surface area contributed by atoms with Crippen molar-refractivity contribution in [3.05, 3.63) is 21.7 Å². The van der Waals surface area contributed by atoms with Gasteiger partial charge in [0.2, 0.25) is 11.5 Å². The third kappa shape index (κ3) is 3.51. The van der Waals surface area contributed by atoms with E-state index in [1.807, 2.05) is 0 Å². The van der Waals surface area contributed by atoms with Crippen LogP contribution in [0.3, 0.4) is 0 Å². The number of rotatable bonds is 7. The first-order chi connectivity index (χ1) is 11.5. The minimum Gasteiger partial charge on any atom is -0.493 e. The average Bonchev–Trinajstić information content (AvgIpc) is 3.10. The molecule has 0 spiro atoms. The van der Waals surface area contributed by atoms with E-state index in [1.165, 1.54) is 27.4 Å². The molecule has 0 aliphatic carbocycles. The van der Waals surface area contributed by atoms with Gasteiger partial charge in [-0.3, -0.25) is 14.9 Å². The lowest BCUT2D eigenvalue weighted by Crippen LogP contribution is -2.32. The summed E-state index contributed by atoms with van der Waals surface area (Å²) in [6.45, 7) is 0.942. The number of carbonyl (C=O) groups is 1. The maximum Gasteiger partial charge on any atom is 0.327 e. The highest BCUT2D eigenvalue weighted by molar-refractivity contribution is 6.00. The first-order valence-corrected chi connectivity index (χ1v) is 7.40. The van der Waals surface area contributed by atoms with Crippen molar-refractivity contribution < 1.29 is 28.7 Å². The molecule has 1 N–H and O–H groups in total. The van der Waals surface area contributed by atoms with Gasteiger partial charge in [0.05, 0.1) is 32.4 Å². The van der Waals surface area contributed by atoms with Crippen LogP contribution in [0.2, 0.25) is 0 Å². The Hall–Kier alpha value is -2.55. The van der Waals surface area contributed by atoms with Gasteiger partial charge in [-0.05, 0) is 12.8 Å². The molecule has 1 aliphatic rings. The highest BCUT2D eigenvalue weighted by Crippen LogP contribution is 2.46. The smallest absolute Gasteiger partial charge is 0.327 e. The molecule has 2 rings (SSSR count). The van der Waals surface area contributed by atoms with Crippen LogP contribution in [0.1, 0.15) is 23.2 Å². The summed E-state index contributed by atoms with van der Waals surface area (Å²) in [6.07, 6.45) is 1.71. The zero-order valence-electron chi connectivity index (χ0n) is 13.8. The van der Waals surface area contributed by atoms with Gasteiger partial charge in [-0.15, -0.1) is 0 Å². The van der Waals surface area contributed by atoms with Crippen molar-refractivity contribution in [3.63, 3.8) is 0 Å². The molecular formula is C15H20N2O7. The molecule has 1 saturated heterocycles. The van der Waals surface area contributed by atoms with Crippen LogP contribution in [0.4, 0.5) is 5.69 Å². The quantitative estimate of drug-likeness (QED) is 0.592. The normalized spacial score (nSPS) is 16.5. The number of ether oxygens (including phenoxy) is 4. The van der Waals surface area contributed by atoms with Gasteiger partial charge in [0.1, 0.15) is 5.56 Å². The number of hydrogen-bond acceptors (Lipinski definition) is 7. The highest BCUT2D eigenvalue weighted by atomic mass is 16.6. The van der Waals surface area contributed by atoms with Gasteiger partial charge in [-0.2, -0.15) is 0 Å². The van der Waals surface area contributed by atoms with Gasteiger partial charge in [0, 0.05) is 19.2 Å². The van der Waals surface area contributed by atoms with Crippen LogP contribution in [0.25, 0.3) is 0 Å². The Balaban J connectivity index is 2.38. The third-order valence-electron chi connectivity index (χ3n) is 3.75. The van der Waals surface area contributed by atoms with Crippen molar-refractivity contribution >= 4 is 11.6 Å². The molecule has 0 saturated carbocycles. The fourth-order valence-corrected chi connectivity index (χ4v) is 2.60. The van der Waals surface area contributed by atoms with E-state index >= 15 is 0 Å². The van der Waals surface area contributed by atoms with E-state index in [0.29, 0.717) is 6.61 Å². The number of nitrogens with zero attached hydrogens (tertiary/aromatic N) is 1. The fourth-order valence-electron chi connectivity index (χ4n) is 2.60. The SMILES string of the molecule is COc1cc(C(=O)NCC2CCCO2)c([N+](=O)[O-])c(OC)c1OC. The largest absolute Gasteiger partial charge is 0.493 e. The number of nitro groups is 1. The van der Waals surface area contributed by atoms with Crippen LogP contribution in [0.15, 0.2) is 6.07 Å². The molecule has 0 aromatic heterocycles. The van der Waals surface area contributed by atoms with E-state index in [0.717, 1.165) is 12.8 Å². The summed E-state index contributed by atoms with van der Waals surface area (Å²) < 4.78 is 20.8. The Morgan fingerprint density at radius 1 is 1.33 bits per heavy atom. The number of methoxy groups -OCH3 is 3. The second kappa shape index (κ2) is 7.82. The molecule has 1 aromatic carbocycles. The predicted molar refractivity (Wildman–Crippen MR) is 84.1 cm³/mol. The minimum absolute atomic E-state index is 0.0578. The van der Waals surface area contributed by atoms with Crippen molar-refractivity contribution in [2.45, 2.75) is 18.9 Å². The summed E-state index contributed by atoms with van der Waals surface area (Å²) >= 11 is 0. The Morgan fingerprint density at radius 3 is 2.54 bits per heavy atom. The lowest BCUT2D eigenvalue weighted by molar-refractivity contribution is -0.386. The predicted octanol–water partition coefficient (Wildman–Crippen LogP) is 1.53. The highest BCUT2D eigenvalue weighted by Gasteiger charge is 2.32. The standard InChI is InChI=1S/C15H20N2O7/c1-21-11-7-10(15(18)16-8-9-5-4-6-24-9)12(17(19)20)14(23-3)13(11)22-2/h7,9H,4-6,8H2,1-3H3,(H,16,18). The fraction of sp³-hybridized carbons (Fsp3) is 0.533. The summed E-state index contributed by atoms with van der Waals surface area (Å²) in [5, 5.41) is 14.1. The zero-order valence-corrected chi connectivity index (χ0v) is 13.8. The number of nitro benzene ring substituents is 1. The lowest BCUT2D eigenvalue weighted by atomic mass is 10.1.